The number of oxazole rings is 1. The van der Waals surface area contributed by atoms with Gasteiger partial charge in [0.2, 0.25) is 0 Å². The molecule has 1 aromatic heterocycles. The molecule has 1 N–H and O–H groups in total. The minimum Gasteiger partial charge on any atom is -0.474 e. The zero-order valence-electron chi connectivity index (χ0n) is 7.02. The molecule has 2 aromatic rings. The van der Waals surface area contributed by atoms with E-state index in [4.69, 9.17) is 9.52 Å². The van der Waals surface area contributed by atoms with Crippen LogP contribution in [0.1, 0.15) is 12.1 Å². The van der Waals surface area contributed by atoms with Crippen molar-refractivity contribution in [3.63, 3.8) is 0 Å². The maximum atomic E-state index is 10.4. The number of aromatic carboxylic acids is 1. The standard InChI is InChI=1S/C8H5NO3.Na.H2/c10-8(11)7-9-5-3-1-2-4-6(5)12-7;;/h1-4H,(H,10,11);;1H. The van der Waals surface area contributed by atoms with E-state index in [2.05, 4.69) is 4.98 Å². The molecule has 0 saturated heterocycles. The number of carbonyl (C=O) groups is 1. The monoisotopic (exact) mass is 188 g/mol. The molecule has 4 nitrogen and oxygen atoms in total. The SMILES string of the molecule is O=C(O)c1nc2ccccc2o1.[HH].[Na]. The molecular weight excluding hydrogens is 181 g/mol. The van der Waals surface area contributed by atoms with Gasteiger partial charge in [-0.05, 0) is 12.1 Å². The molecule has 2 rings (SSSR count). The second-order valence-electron chi connectivity index (χ2n) is 2.29. The molecule has 0 spiro atoms. The molecule has 1 radical (unpaired) electrons. The normalized spacial score (nSPS) is 9.54. The third-order valence-electron chi connectivity index (χ3n) is 1.48. The predicted molar refractivity (Wildman–Crippen MR) is 48.8 cm³/mol. The Labute approximate surface area is 97.3 Å². The van der Waals surface area contributed by atoms with Crippen molar-refractivity contribution in [1.82, 2.24) is 4.98 Å². The number of hydrogen-bond donors (Lipinski definition) is 1. The van der Waals surface area contributed by atoms with E-state index in [1.165, 1.54) is 0 Å². The summed E-state index contributed by atoms with van der Waals surface area (Å²) in [6.07, 6.45) is 0. The zero-order valence-corrected chi connectivity index (χ0v) is 9.02. The summed E-state index contributed by atoms with van der Waals surface area (Å²) in [6, 6.07) is 6.91. The van der Waals surface area contributed by atoms with Crippen LogP contribution in [0.2, 0.25) is 0 Å². The fourth-order valence-electron chi connectivity index (χ4n) is 0.964. The summed E-state index contributed by atoms with van der Waals surface area (Å²) in [5, 5.41) is 8.53. The first-order chi connectivity index (χ1) is 5.77. The van der Waals surface area contributed by atoms with Gasteiger partial charge in [-0.1, -0.05) is 12.1 Å². The van der Waals surface area contributed by atoms with Crippen LogP contribution >= 0.6 is 0 Å². The second kappa shape index (κ2) is 3.91. The Morgan fingerprint density at radius 2 is 2.15 bits per heavy atom. The van der Waals surface area contributed by atoms with Crippen molar-refractivity contribution >= 4 is 46.6 Å². The Hall–Kier alpha value is -0.840. The van der Waals surface area contributed by atoms with Crippen molar-refractivity contribution in [2.45, 2.75) is 0 Å². The zero-order chi connectivity index (χ0) is 8.55. The van der Waals surface area contributed by atoms with Gasteiger partial charge in [0.1, 0.15) is 5.52 Å². The van der Waals surface area contributed by atoms with Gasteiger partial charge in [0, 0.05) is 31.0 Å². The molecule has 0 amide bonds. The molecule has 0 atom stereocenters. The summed E-state index contributed by atoms with van der Waals surface area (Å²) >= 11 is 0. The van der Waals surface area contributed by atoms with Crippen LogP contribution in [0.3, 0.4) is 0 Å². The Morgan fingerprint density at radius 3 is 2.77 bits per heavy atom. The first-order valence-corrected chi connectivity index (χ1v) is 3.36. The van der Waals surface area contributed by atoms with Crippen molar-refractivity contribution in [1.29, 1.82) is 0 Å². The smallest absolute Gasteiger partial charge is 0.392 e. The molecule has 0 aliphatic rings. The minimum absolute atomic E-state index is 0. The molecule has 0 fully saturated rings. The molecule has 63 valence electrons. The third-order valence-corrected chi connectivity index (χ3v) is 1.48. The molecule has 13 heavy (non-hydrogen) atoms. The maximum absolute atomic E-state index is 10.4. The van der Waals surface area contributed by atoms with Gasteiger partial charge in [-0.2, -0.15) is 0 Å². The van der Waals surface area contributed by atoms with Gasteiger partial charge in [0.05, 0.1) is 0 Å². The van der Waals surface area contributed by atoms with Gasteiger partial charge in [0.15, 0.2) is 5.58 Å². The van der Waals surface area contributed by atoms with Gasteiger partial charge < -0.3 is 9.52 Å². The molecule has 0 aliphatic heterocycles. The Morgan fingerprint density at radius 1 is 1.46 bits per heavy atom. The molecule has 1 heterocycles. The number of aromatic nitrogens is 1. The predicted octanol–water partition coefficient (Wildman–Crippen LogP) is 1.39. The summed E-state index contributed by atoms with van der Waals surface area (Å²) in [5.41, 5.74) is 1.06. The molecular formula is C8H7NNaO3. The quantitative estimate of drug-likeness (QED) is 0.687. The van der Waals surface area contributed by atoms with Crippen molar-refractivity contribution in [2.75, 3.05) is 0 Å². The van der Waals surface area contributed by atoms with Crippen LogP contribution < -0.4 is 0 Å². The van der Waals surface area contributed by atoms with Crippen LogP contribution in [0.15, 0.2) is 28.7 Å². The number of rotatable bonds is 1. The molecule has 0 aliphatic carbocycles. The Balaban J connectivity index is 0.000000845. The topological polar surface area (TPSA) is 63.3 Å². The van der Waals surface area contributed by atoms with Crippen LogP contribution in [0.5, 0.6) is 0 Å². The van der Waals surface area contributed by atoms with Crippen LogP contribution in [0, 0.1) is 0 Å². The van der Waals surface area contributed by atoms with E-state index in [1.807, 2.05) is 0 Å². The fourth-order valence-corrected chi connectivity index (χ4v) is 0.964. The fraction of sp³-hybridized carbons (Fsp3) is 0. The first-order valence-electron chi connectivity index (χ1n) is 3.36. The summed E-state index contributed by atoms with van der Waals surface area (Å²) in [6.45, 7) is 0. The summed E-state index contributed by atoms with van der Waals surface area (Å²) in [7, 11) is 0. The van der Waals surface area contributed by atoms with Crippen LogP contribution in [0.4, 0.5) is 0 Å². The number of benzene rings is 1. The van der Waals surface area contributed by atoms with E-state index < -0.39 is 5.97 Å². The molecule has 1 aromatic carbocycles. The van der Waals surface area contributed by atoms with Gasteiger partial charge in [-0.25, -0.2) is 9.78 Å². The largest absolute Gasteiger partial charge is 0.474 e. The number of hydrogen-bond acceptors (Lipinski definition) is 3. The molecule has 0 saturated carbocycles. The average Bonchev–Trinajstić information content (AvgIpc) is 2.46. The molecule has 0 bridgehead atoms. The van der Waals surface area contributed by atoms with E-state index in [1.54, 1.807) is 24.3 Å². The maximum Gasteiger partial charge on any atom is 0.392 e. The number of fused-ring (bicyclic) bond motifs is 1. The van der Waals surface area contributed by atoms with E-state index in [0.717, 1.165) is 0 Å². The Bertz CT molecular complexity index is 410. The summed E-state index contributed by atoms with van der Waals surface area (Å²) in [5.74, 6) is -1.41. The number of carboxylic acid groups (broad SMARTS) is 1. The summed E-state index contributed by atoms with van der Waals surface area (Å²) < 4.78 is 4.92. The van der Waals surface area contributed by atoms with E-state index >= 15 is 0 Å². The number of nitrogens with zero attached hydrogens (tertiary/aromatic N) is 1. The van der Waals surface area contributed by atoms with Gasteiger partial charge in [-0.15, -0.1) is 0 Å². The van der Waals surface area contributed by atoms with E-state index in [-0.39, 0.29) is 36.9 Å². The van der Waals surface area contributed by atoms with Gasteiger partial charge in [0.25, 0.3) is 0 Å². The van der Waals surface area contributed by atoms with Crippen LogP contribution in [-0.4, -0.2) is 45.6 Å². The van der Waals surface area contributed by atoms with Gasteiger partial charge in [-0.3, -0.25) is 0 Å². The van der Waals surface area contributed by atoms with Gasteiger partial charge >= 0.3 is 11.9 Å². The first kappa shape index (κ1) is 10.2. The summed E-state index contributed by atoms with van der Waals surface area (Å²) in [4.78, 5) is 14.2. The Kier molecular flexibility index (Phi) is 3.08. The van der Waals surface area contributed by atoms with Crippen molar-refractivity contribution in [3.8, 4) is 0 Å². The second-order valence-corrected chi connectivity index (χ2v) is 2.29. The van der Waals surface area contributed by atoms with Crippen molar-refractivity contribution in [2.24, 2.45) is 0 Å². The van der Waals surface area contributed by atoms with E-state index in [9.17, 15) is 4.79 Å². The number of para-hydroxylation sites is 2. The third kappa shape index (κ3) is 1.91. The van der Waals surface area contributed by atoms with Crippen molar-refractivity contribution < 1.29 is 15.7 Å². The minimum atomic E-state index is -1.15. The van der Waals surface area contributed by atoms with Crippen LogP contribution in [0.25, 0.3) is 11.1 Å². The average molecular weight is 188 g/mol. The number of carboxylic acids is 1. The van der Waals surface area contributed by atoms with Crippen molar-refractivity contribution in [3.05, 3.63) is 30.2 Å². The molecule has 5 heteroatoms. The van der Waals surface area contributed by atoms with Crippen LogP contribution in [-0.2, 0) is 0 Å². The molecule has 0 unspecified atom stereocenters. The van der Waals surface area contributed by atoms with E-state index in [0.29, 0.717) is 11.1 Å².